The molecule has 5 nitrogen and oxygen atoms in total. The number of ether oxygens (including phenoxy) is 1. The molecule has 0 aliphatic rings. The van der Waals surface area contributed by atoms with Crippen molar-refractivity contribution in [1.29, 1.82) is 0 Å². The summed E-state index contributed by atoms with van der Waals surface area (Å²) in [6, 6.07) is 7.08. The van der Waals surface area contributed by atoms with Gasteiger partial charge in [0.1, 0.15) is 5.75 Å². The largest absolute Gasteiger partial charge is 0.482 e. The smallest absolute Gasteiger partial charge is 0.341 e. The number of amides is 1. The Labute approximate surface area is 132 Å². The van der Waals surface area contributed by atoms with Crippen LogP contribution in [0, 0.1) is 6.92 Å². The molecule has 116 valence electrons. The molecule has 0 saturated heterocycles. The Morgan fingerprint density at radius 3 is 2.77 bits per heavy atom. The lowest BCUT2D eigenvalue weighted by molar-refractivity contribution is -0.139. The third-order valence-corrected chi connectivity index (χ3v) is 3.79. The van der Waals surface area contributed by atoms with E-state index in [4.69, 9.17) is 9.84 Å². The van der Waals surface area contributed by atoms with Crippen molar-refractivity contribution in [3.05, 3.63) is 46.2 Å². The maximum Gasteiger partial charge on any atom is 0.341 e. The monoisotopic (exact) mass is 319 g/mol. The summed E-state index contributed by atoms with van der Waals surface area (Å²) in [5.41, 5.74) is 2.69. The molecular formula is C16H17NO4S. The van der Waals surface area contributed by atoms with E-state index in [1.165, 1.54) is 0 Å². The van der Waals surface area contributed by atoms with Gasteiger partial charge in [-0.1, -0.05) is 0 Å². The van der Waals surface area contributed by atoms with Crippen LogP contribution in [0.4, 0.5) is 5.69 Å². The van der Waals surface area contributed by atoms with Crippen LogP contribution in [0.3, 0.4) is 0 Å². The summed E-state index contributed by atoms with van der Waals surface area (Å²) in [5, 5.41) is 15.5. The number of aryl methyl sites for hydroxylation is 2. The van der Waals surface area contributed by atoms with Crippen molar-refractivity contribution in [2.24, 2.45) is 0 Å². The van der Waals surface area contributed by atoms with Crippen LogP contribution in [0.2, 0.25) is 0 Å². The number of carboxylic acids is 1. The number of benzene rings is 1. The van der Waals surface area contributed by atoms with Crippen molar-refractivity contribution in [1.82, 2.24) is 0 Å². The maximum absolute atomic E-state index is 11.9. The fourth-order valence-electron chi connectivity index (χ4n) is 1.92. The van der Waals surface area contributed by atoms with Gasteiger partial charge in [-0.25, -0.2) is 4.79 Å². The molecule has 0 unspecified atom stereocenters. The first-order valence-corrected chi connectivity index (χ1v) is 7.75. The summed E-state index contributed by atoms with van der Waals surface area (Å²) in [7, 11) is 0. The van der Waals surface area contributed by atoms with Gasteiger partial charge in [-0.2, -0.15) is 11.3 Å². The Morgan fingerprint density at radius 2 is 2.14 bits per heavy atom. The SMILES string of the molecule is Cc1cc(OCC(=O)O)ccc1NC(=O)CCc1ccsc1. The zero-order valence-corrected chi connectivity index (χ0v) is 13.0. The maximum atomic E-state index is 11.9. The zero-order chi connectivity index (χ0) is 15.9. The van der Waals surface area contributed by atoms with Gasteiger partial charge >= 0.3 is 5.97 Å². The number of nitrogens with one attached hydrogen (secondary N) is 1. The number of thiophene rings is 1. The number of rotatable bonds is 7. The first-order valence-electron chi connectivity index (χ1n) is 6.81. The van der Waals surface area contributed by atoms with Crippen molar-refractivity contribution in [3.8, 4) is 5.75 Å². The Morgan fingerprint density at radius 1 is 1.32 bits per heavy atom. The topological polar surface area (TPSA) is 75.6 Å². The molecule has 0 bridgehead atoms. The summed E-state index contributed by atoms with van der Waals surface area (Å²) in [6.07, 6.45) is 1.14. The van der Waals surface area contributed by atoms with E-state index in [2.05, 4.69) is 5.32 Å². The zero-order valence-electron chi connectivity index (χ0n) is 12.2. The molecule has 1 heterocycles. The molecule has 0 atom stereocenters. The number of carboxylic acid groups (broad SMARTS) is 1. The Kier molecular flexibility index (Phi) is 5.55. The van der Waals surface area contributed by atoms with Crippen LogP contribution in [-0.4, -0.2) is 23.6 Å². The Balaban J connectivity index is 1.89. The lowest BCUT2D eigenvalue weighted by atomic mass is 10.1. The highest BCUT2D eigenvalue weighted by molar-refractivity contribution is 7.07. The highest BCUT2D eigenvalue weighted by atomic mass is 32.1. The van der Waals surface area contributed by atoms with E-state index in [-0.39, 0.29) is 12.5 Å². The van der Waals surface area contributed by atoms with Gasteiger partial charge in [-0.3, -0.25) is 4.79 Å². The van der Waals surface area contributed by atoms with Crippen molar-refractivity contribution in [2.75, 3.05) is 11.9 Å². The minimum atomic E-state index is -1.02. The number of anilines is 1. The number of hydrogen-bond acceptors (Lipinski definition) is 4. The Bertz CT molecular complexity index is 652. The van der Waals surface area contributed by atoms with Gasteiger partial charge in [0.2, 0.25) is 5.91 Å². The van der Waals surface area contributed by atoms with Gasteiger partial charge in [-0.05, 0) is 59.5 Å². The van der Waals surface area contributed by atoms with Crippen LogP contribution in [0.15, 0.2) is 35.0 Å². The fraction of sp³-hybridized carbons (Fsp3) is 0.250. The van der Waals surface area contributed by atoms with Gasteiger partial charge in [0, 0.05) is 12.1 Å². The van der Waals surface area contributed by atoms with Crippen LogP contribution >= 0.6 is 11.3 Å². The summed E-state index contributed by atoms with van der Waals surface area (Å²) >= 11 is 1.62. The first-order chi connectivity index (χ1) is 10.5. The van der Waals surface area contributed by atoms with Gasteiger partial charge < -0.3 is 15.2 Å². The molecule has 2 N–H and O–H groups in total. The molecule has 22 heavy (non-hydrogen) atoms. The average molecular weight is 319 g/mol. The fourth-order valence-corrected chi connectivity index (χ4v) is 2.62. The molecule has 1 aromatic heterocycles. The van der Waals surface area contributed by atoms with Crippen LogP contribution in [0.1, 0.15) is 17.5 Å². The molecule has 6 heteroatoms. The molecule has 2 rings (SSSR count). The van der Waals surface area contributed by atoms with E-state index < -0.39 is 5.97 Å². The molecule has 0 spiro atoms. The molecule has 1 amide bonds. The van der Waals surface area contributed by atoms with Crippen molar-refractivity contribution >= 4 is 28.9 Å². The summed E-state index contributed by atoms with van der Waals surface area (Å²) in [6.45, 7) is 1.45. The second-order valence-corrected chi connectivity index (χ2v) is 5.62. The van der Waals surface area contributed by atoms with Crippen molar-refractivity contribution in [2.45, 2.75) is 19.8 Å². The highest BCUT2D eigenvalue weighted by Crippen LogP contribution is 2.21. The molecule has 0 saturated carbocycles. The third-order valence-electron chi connectivity index (χ3n) is 3.06. The predicted molar refractivity (Wildman–Crippen MR) is 85.6 cm³/mol. The van der Waals surface area contributed by atoms with Gasteiger partial charge in [-0.15, -0.1) is 0 Å². The highest BCUT2D eigenvalue weighted by Gasteiger charge is 2.07. The number of carbonyl (C=O) groups excluding carboxylic acids is 1. The lowest BCUT2D eigenvalue weighted by Crippen LogP contribution is -2.13. The van der Waals surface area contributed by atoms with Crippen LogP contribution in [0.5, 0.6) is 5.75 Å². The summed E-state index contributed by atoms with van der Waals surface area (Å²) in [5.74, 6) is -0.604. The second-order valence-electron chi connectivity index (χ2n) is 4.84. The number of hydrogen-bond donors (Lipinski definition) is 2. The number of aliphatic carboxylic acids is 1. The van der Waals surface area contributed by atoms with E-state index in [0.29, 0.717) is 24.3 Å². The van der Waals surface area contributed by atoms with Crippen molar-refractivity contribution < 1.29 is 19.4 Å². The molecule has 0 radical (unpaired) electrons. The number of carbonyl (C=O) groups is 2. The average Bonchev–Trinajstić information content (AvgIpc) is 2.99. The van der Waals surface area contributed by atoms with E-state index in [0.717, 1.165) is 11.1 Å². The van der Waals surface area contributed by atoms with Gasteiger partial charge in [0.15, 0.2) is 6.61 Å². The summed E-state index contributed by atoms with van der Waals surface area (Å²) < 4.78 is 5.09. The van der Waals surface area contributed by atoms with Crippen LogP contribution < -0.4 is 10.1 Å². The Hall–Kier alpha value is -2.34. The lowest BCUT2D eigenvalue weighted by Gasteiger charge is -2.10. The van der Waals surface area contributed by atoms with Crippen molar-refractivity contribution in [3.63, 3.8) is 0 Å². The molecule has 0 fully saturated rings. The van der Waals surface area contributed by atoms with Crippen LogP contribution in [-0.2, 0) is 16.0 Å². The normalized spacial score (nSPS) is 10.2. The first kappa shape index (κ1) is 16.0. The van der Waals surface area contributed by atoms with Gasteiger partial charge in [0.25, 0.3) is 0 Å². The summed E-state index contributed by atoms with van der Waals surface area (Å²) in [4.78, 5) is 22.4. The van der Waals surface area contributed by atoms with Crippen LogP contribution in [0.25, 0.3) is 0 Å². The van der Waals surface area contributed by atoms with E-state index in [1.54, 1.807) is 29.5 Å². The quantitative estimate of drug-likeness (QED) is 0.822. The third kappa shape index (κ3) is 4.89. The molecule has 1 aromatic carbocycles. The second kappa shape index (κ2) is 7.61. The standard InChI is InChI=1S/C16H17NO4S/c1-11-8-13(21-9-16(19)20)3-4-14(11)17-15(18)5-2-12-6-7-22-10-12/h3-4,6-8,10H,2,5,9H2,1H3,(H,17,18)(H,19,20). The van der Waals surface area contributed by atoms with E-state index in [9.17, 15) is 9.59 Å². The minimum Gasteiger partial charge on any atom is -0.482 e. The molecule has 0 aliphatic carbocycles. The predicted octanol–water partition coefficient (Wildman–Crippen LogP) is 3.09. The van der Waals surface area contributed by atoms with E-state index >= 15 is 0 Å². The van der Waals surface area contributed by atoms with E-state index in [1.807, 2.05) is 23.8 Å². The molecule has 2 aromatic rings. The molecular weight excluding hydrogens is 302 g/mol. The van der Waals surface area contributed by atoms with Gasteiger partial charge in [0.05, 0.1) is 0 Å². The molecule has 0 aliphatic heterocycles. The minimum absolute atomic E-state index is 0.0477.